The lowest BCUT2D eigenvalue weighted by molar-refractivity contribution is -0.137. The van der Waals surface area contributed by atoms with Crippen LogP contribution in [0, 0.1) is 12.3 Å². The lowest BCUT2D eigenvalue weighted by atomic mass is 9.99. The minimum Gasteiger partial charge on any atom is -0.266 e. The van der Waals surface area contributed by atoms with Crippen LogP contribution < -0.4 is 0 Å². The van der Waals surface area contributed by atoms with Gasteiger partial charge in [-0.15, -0.1) is 0 Å². The van der Waals surface area contributed by atoms with Crippen molar-refractivity contribution in [2.45, 2.75) is 38.8 Å². The van der Waals surface area contributed by atoms with Crippen LogP contribution in [-0.2, 0) is 20.5 Å². The molecule has 0 atom stereocenters. The highest BCUT2D eigenvalue weighted by molar-refractivity contribution is 7.86. The number of alkyl halides is 3. The van der Waals surface area contributed by atoms with Crippen LogP contribution in [0.1, 0.15) is 32.0 Å². The van der Waals surface area contributed by atoms with Gasteiger partial charge in [-0.2, -0.15) is 21.6 Å². The van der Waals surface area contributed by atoms with Gasteiger partial charge in [-0.1, -0.05) is 51.1 Å². The number of nitrogens with zero attached hydrogens (tertiary/aromatic N) is 2. The van der Waals surface area contributed by atoms with Gasteiger partial charge in [-0.3, -0.25) is 9.17 Å². The first-order chi connectivity index (χ1) is 17.7. The standard InChI is InChI=1S/C29H27F3N2O3S/c1-19-15-22(20-11-13-23(14-12-20)29(30,31)32)17-27(33-19)26-10-6-9-25(34-26)21-7-5-8-24(16-21)38(35,36)37-18-28(2,3)4/h5-17H,18H2,1-4H3. The number of hydrogen-bond acceptors (Lipinski definition) is 5. The van der Waals surface area contributed by atoms with Gasteiger partial charge in [0.15, 0.2) is 0 Å². The highest BCUT2D eigenvalue weighted by atomic mass is 32.2. The van der Waals surface area contributed by atoms with Gasteiger partial charge in [0.25, 0.3) is 10.1 Å². The number of aromatic nitrogens is 2. The van der Waals surface area contributed by atoms with Crippen LogP contribution in [0.5, 0.6) is 0 Å². The normalized spacial score (nSPS) is 12.5. The lowest BCUT2D eigenvalue weighted by Gasteiger charge is -2.17. The Balaban J connectivity index is 1.66. The molecule has 0 aliphatic heterocycles. The molecule has 0 amide bonds. The second kappa shape index (κ2) is 10.3. The van der Waals surface area contributed by atoms with Crippen LogP contribution in [-0.4, -0.2) is 25.0 Å². The molecule has 2 heterocycles. The summed E-state index contributed by atoms with van der Waals surface area (Å²) in [5.74, 6) is 0. The zero-order chi connectivity index (χ0) is 27.7. The summed E-state index contributed by atoms with van der Waals surface area (Å²) in [5.41, 5.74) is 3.17. The Morgan fingerprint density at radius 2 is 1.39 bits per heavy atom. The number of aryl methyl sites for hydroxylation is 1. The molecule has 0 aliphatic rings. The third kappa shape index (κ3) is 6.65. The number of pyridine rings is 2. The molecule has 0 radical (unpaired) electrons. The molecule has 9 heteroatoms. The van der Waals surface area contributed by atoms with Crippen molar-refractivity contribution in [2.24, 2.45) is 5.41 Å². The van der Waals surface area contributed by atoms with Gasteiger partial charge in [-0.05, 0) is 72.0 Å². The van der Waals surface area contributed by atoms with Gasteiger partial charge >= 0.3 is 6.18 Å². The van der Waals surface area contributed by atoms with E-state index in [4.69, 9.17) is 9.17 Å². The first kappa shape index (κ1) is 27.5. The van der Waals surface area contributed by atoms with E-state index in [2.05, 4.69) is 4.98 Å². The third-order valence-electron chi connectivity index (χ3n) is 5.58. The Morgan fingerprint density at radius 1 is 0.737 bits per heavy atom. The fourth-order valence-corrected chi connectivity index (χ4v) is 4.85. The number of rotatable bonds is 6. The quantitative estimate of drug-likeness (QED) is 0.236. The summed E-state index contributed by atoms with van der Waals surface area (Å²) in [6, 6.07) is 20.2. The van der Waals surface area contributed by atoms with E-state index in [-0.39, 0.29) is 16.9 Å². The second-order valence-electron chi connectivity index (χ2n) is 10.2. The first-order valence-corrected chi connectivity index (χ1v) is 13.3. The van der Waals surface area contributed by atoms with Crippen molar-refractivity contribution >= 4 is 10.1 Å². The van der Waals surface area contributed by atoms with E-state index in [1.807, 2.05) is 20.8 Å². The van der Waals surface area contributed by atoms with Crippen molar-refractivity contribution < 1.29 is 25.8 Å². The molecule has 2 aromatic heterocycles. The maximum Gasteiger partial charge on any atom is 0.416 e. The van der Waals surface area contributed by atoms with E-state index < -0.39 is 21.9 Å². The molecule has 5 nitrogen and oxygen atoms in total. The van der Waals surface area contributed by atoms with E-state index in [0.717, 1.165) is 12.1 Å². The van der Waals surface area contributed by atoms with Crippen molar-refractivity contribution in [3.05, 3.63) is 90.1 Å². The smallest absolute Gasteiger partial charge is 0.266 e. The largest absolute Gasteiger partial charge is 0.416 e. The molecule has 4 rings (SSSR count). The molecular weight excluding hydrogens is 513 g/mol. The van der Waals surface area contributed by atoms with Gasteiger partial charge < -0.3 is 0 Å². The summed E-state index contributed by atoms with van der Waals surface area (Å²) in [4.78, 5) is 9.30. The van der Waals surface area contributed by atoms with Crippen molar-refractivity contribution in [3.8, 4) is 33.8 Å². The Labute approximate surface area is 220 Å². The molecular formula is C29H27F3N2O3S. The lowest BCUT2D eigenvalue weighted by Crippen LogP contribution is -2.18. The molecule has 0 saturated carbocycles. The molecule has 0 spiro atoms. The molecule has 0 unspecified atom stereocenters. The summed E-state index contributed by atoms with van der Waals surface area (Å²) < 4.78 is 69.6. The molecule has 0 saturated heterocycles. The molecule has 2 aromatic carbocycles. The van der Waals surface area contributed by atoms with E-state index >= 15 is 0 Å². The summed E-state index contributed by atoms with van der Waals surface area (Å²) in [6.45, 7) is 7.50. The van der Waals surface area contributed by atoms with Crippen molar-refractivity contribution in [2.75, 3.05) is 6.61 Å². The maximum atomic E-state index is 13.0. The SMILES string of the molecule is Cc1cc(-c2ccc(C(F)(F)F)cc2)cc(-c2cccc(-c3cccc(S(=O)(=O)OCC(C)(C)C)c3)n2)n1. The van der Waals surface area contributed by atoms with Gasteiger partial charge in [-0.25, -0.2) is 4.98 Å². The minimum absolute atomic E-state index is 0.0322. The molecule has 0 bridgehead atoms. The summed E-state index contributed by atoms with van der Waals surface area (Å²) in [5, 5.41) is 0. The van der Waals surface area contributed by atoms with E-state index in [1.54, 1.807) is 49.4 Å². The van der Waals surface area contributed by atoms with Gasteiger partial charge in [0.05, 0.1) is 34.1 Å². The topological polar surface area (TPSA) is 69.2 Å². The summed E-state index contributed by atoms with van der Waals surface area (Å²) in [7, 11) is -3.95. The molecule has 38 heavy (non-hydrogen) atoms. The Morgan fingerprint density at radius 3 is 2.05 bits per heavy atom. The van der Waals surface area contributed by atoms with Crippen LogP contribution in [0.4, 0.5) is 13.2 Å². The Kier molecular flexibility index (Phi) is 7.45. The average Bonchev–Trinajstić information content (AvgIpc) is 2.86. The van der Waals surface area contributed by atoms with E-state index in [1.165, 1.54) is 24.3 Å². The van der Waals surface area contributed by atoms with E-state index in [9.17, 15) is 21.6 Å². The van der Waals surface area contributed by atoms with Crippen LogP contribution in [0.15, 0.2) is 83.8 Å². The number of hydrogen-bond donors (Lipinski definition) is 0. The van der Waals surface area contributed by atoms with Crippen molar-refractivity contribution in [1.82, 2.24) is 9.97 Å². The highest BCUT2D eigenvalue weighted by Crippen LogP contribution is 2.32. The van der Waals surface area contributed by atoms with Crippen LogP contribution in [0.2, 0.25) is 0 Å². The van der Waals surface area contributed by atoms with Gasteiger partial charge in [0.1, 0.15) is 0 Å². The predicted molar refractivity (Wildman–Crippen MR) is 141 cm³/mol. The molecule has 0 fully saturated rings. The van der Waals surface area contributed by atoms with E-state index in [0.29, 0.717) is 39.5 Å². The van der Waals surface area contributed by atoms with Crippen LogP contribution >= 0.6 is 0 Å². The fraction of sp³-hybridized carbons (Fsp3) is 0.241. The molecule has 0 N–H and O–H groups in total. The number of benzene rings is 2. The van der Waals surface area contributed by atoms with Crippen molar-refractivity contribution in [1.29, 1.82) is 0 Å². The first-order valence-electron chi connectivity index (χ1n) is 11.8. The van der Waals surface area contributed by atoms with Gasteiger partial charge in [0, 0.05) is 11.3 Å². The summed E-state index contributed by atoms with van der Waals surface area (Å²) in [6.07, 6.45) is -4.41. The highest BCUT2D eigenvalue weighted by Gasteiger charge is 2.30. The van der Waals surface area contributed by atoms with Crippen LogP contribution in [0.25, 0.3) is 33.8 Å². The Bertz CT molecular complexity index is 1560. The Hall–Kier alpha value is -3.56. The average molecular weight is 541 g/mol. The second-order valence-corrected chi connectivity index (χ2v) is 11.8. The zero-order valence-corrected chi connectivity index (χ0v) is 22.2. The third-order valence-corrected chi connectivity index (χ3v) is 6.84. The number of halogens is 3. The predicted octanol–water partition coefficient (Wildman–Crippen LogP) is 7.56. The zero-order valence-electron chi connectivity index (χ0n) is 21.4. The van der Waals surface area contributed by atoms with Crippen molar-refractivity contribution in [3.63, 3.8) is 0 Å². The molecule has 0 aliphatic carbocycles. The maximum absolute atomic E-state index is 13.0. The van der Waals surface area contributed by atoms with Crippen LogP contribution in [0.3, 0.4) is 0 Å². The molecule has 4 aromatic rings. The fourth-order valence-electron chi connectivity index (χ4n) is 3.69. The summed E-state index contributed by atoms with van der Waals surface area (Å²) >= 11 is 0. The van der Waals surface area contributed by atoms with Gasteiger partial charge in [0.2, 0.25) is 0 Å². The monoisotopic (exact) mass is 540 g/mol. The minimum atomic E-state index is -4.41. The molecule has 198 valence electrons.